The summed E-state index contributed by atoms with van der Waals surface area (Å²) in [6, 6.07) is 13.4. The highest BCUT2D eigenvalue weighted by Crippen LogP contribution is 2.26. The summed E-state index contributed by atoms with van der Waals surface area (Å²) in [5, 5.41) is 21.5. The minimum atomic E-state index is 0.455. The summed E-state index contributed by atoms with van der Waals surface area (Å²) in [5.41, 5.74) is 4.06. The Bertz CT molecular complexity index is 1080. The van der Waals surface area contributed by atoms with Gasteiger partial charge in [0.1, 0.15) is 0 Å². The Morgan fingerprint density at radius 2 is 1.85 bits per heavy atom. The van der Waals surface area contributed by atoms with E-state index in [4.69, 9.17) is 16.0 Å². The summed E-state index contributed by atoms with van der Waals surface area (Å²) in [5.74, 6) is 1.42. The first-order chi connectivity index (χ1) is 13.1. The van der Waals surface area contributed by atoms with Crippen LogP contribution in [-0.2, 0) is 5.75 Å². The molecule has 0 spiro atoms. The van der Waals surface area contributed by atoms with E-state index in [1.54, 1.807) is 16.8 Å². The van der Waals surface area contributed by atoms with Crippen molar-refractivity contribution in [3.63, 3.8) is 0 Å². The standard InChI is InChI=1S/C18H15ClN6OS/c1-11-3-8-15(12(2)9-11)25-18(22-23-24-25)27-10-16-20-21-17(26-16)13-4-6-14(19)7-5-13/h3-9H,10H2,1-2H3. The molecule has 4 rings (SSSR count). The molecule has 0 aliphatic heterocycles. The van der Waals surface area contributed by atoms with E-state index in [1.807, 2.05) is 31.2 Å². The largest absolute Gasteiger partial charge is 0.420 e. The van der Waals surface area contributed by atoms with E-state index in [2.05, 4.69) is 38.7 Å². The Kier molecular flexibility index (Phi) is 4.91. The summed E-state index contributed by atoms with van der Waals surface area (Å²) in [4.78, 5) is 0. The SMILES string of the molecule is Cc1ccc(-n2nnnc2SCc2nnc(-c3ccc(Cl)cc3)o2)c(C)c1. The number of aryl methyl sites for hydroxylation is 2. The van der Waals surface area contributed by atoms with Gasteiger partial charge in [0.2, 0.25) is 16.9 Å². The van der Waals surface area contributed by atoms with Crippen molar-refractivity contribution in [3.05, 3.63) is 64.5 Å². The third kappa shape index (κ3) is 3.86. The van der Waals surface area contributed by atoms with Crippen LogP contribution < -0.4 is 0 Å². The molecule has 0 saturated carbocycles. The Hall–Kier alpha value is -2.71. The van der Waals surface area contributed by atoms with Gasteiger partial charge in [0.15, 0.2) is 0 Å². The first kappa shape index (κ1) is 17.7. The maximum Gasteiger partial charge on any atom is 0.247 e. The molecule has 0 fully saturated rings. The summed E-state index contributed by atoms with van der Waals surface area (Å²) >= 11 is 7.34. The number of hydrogen-bond donors (Lipinski definition) is 0. The molecule has 0 aliphatic carbocycles. The lowest BCUT2D eigenvalue weighted by Crippen LogP contribution is -2.02. The van der Waals surface area contributed by atoms with Crippen molar-refractivity contribution in [1.82, 2.24) is 30.4 Å². The van der Waals surface area contributed by atoms with E-state index in [1.165, 1.54) is 17.3 Å². The molecule has 0 amide bonds. The van der Waals surface area contributed by atoms with Crippen molar-refractivity contribution >= 4 is 23.4 Å². The van der Waals surface area contributed by atoms with Crippen LogP contribution in [0.25, 0.3) is 17.1 Å². The lowest BCUT2D eigenvalue weighted by molar-refractivity contribution is 0.528. The predicted molar refractivity (Wildman–Crippen MR) is 103 cm³/mol. The van der Waals surface area contributed by atoms with Gasteiger partial charge in [-0.25, -0.2) is 0 Å². The zero-order valence-corrected chi connectivity index (χ0v) is 16.2. The molecule has 136 valence electrons. The fraction of sp³-hybridized carbons (Fsp3) is 0.167. The highest BCUT2D eigenvalue weighted by Gasteiger charge is 2.14. The summed E-state index contributed by atoms with van der Waals surface area (Å²) in [6.07, 6.45) is 0. The van der Waals surface area contributed by atoms with Crippen molar-refractivity contribution in [2.75, 3.05) is 0 Å². The fourth-order valence-corrected chi connectivity index (χ4v) is 3.46. The van der Waals surface area contributed by atoms with Crippen LogP contribution in [0.15, 0.2) is 52.0 Å². The lowest BCUT2D eigenvalue weighted by Gasteiger charge is -2.07. The average molecular weight is 399 g/mol. The molecule has 0 saturated heterocycles. The van der Waals surface area contributed by atoms with E-state index in [9.17, 15) is 0 Å². The van der Waals surface area contributed by atoms with Gasteiger partial charge in [-0.1, -0.05) is 41.1 Å². The molecule has 0 radical (unpaired) electrons. The smallest absolute Gasteiger partial charge is 0.247 e. The second-order valence-corrected chi connectivity index (χ2v) is 7.34. The molecule has 0 N–H and O–H groups in total. The maximum absolute atomic E-state index is 5.91. The molecule has 9 heteroatoms. The maximum atomic E-state index is 5.91. The Labute approximate surface area is 164 Å². The number of tetrazole rings is 1. The third-order valence-electron chi connectivity index (χ3n) is 3.90. The lowest BCUT2D eigenvalue weighted by atomic mass is 10.1. The van der Waals surface area contributed by atoms with Crippen molar-refractivity contribution in [2.24, 2.45) is 0 Å². The van der Waals surface area contributed by atoms with E-state index >= 15 is 0 Å². The van der Waals surface area contributed by atoms with Crippen LogP contribution in [0.2, 0.25) is 5.02 Å². The van der Waals surface area contributed by atoms with Gasteiger partial charge < -0.3 is 4.42 Å². The van der Waals surface area contributed by atoms with Crippen molar-refractivity contribution < 1.29 is 4.42 Å². The molecule has 0 unspecified atom stereocenters. The fourth-order valence-electron chi connectivity index (χ4n) is 2.61. The van der Waals surface area contributed by atoms with E-state index in [0.29, 0.717) is 27.7 Å². The van der Waals surface area contributed by atoms with Crippen LogP contribution in [0.1, 0.15) is 17.0 Å². The van der Waals surface area contributed by atoms with Crippen molar-refractivity contribution in [1.29, 1.82) is 0 Å². The molecule has 2 aromatic heterocycles. The molecule has 0 atom stereocenters. The van der Waals surface area contributed by atoms with Gasteiger partial charge in [0, 0.05) is 10.6 Å². The van der Waals surface area contributed by atoms with Crippen LogP contribution in [0.5, 0.6) is 0 Å². The van der Waals surface area contributed by atoms with Gasteiger partial charge in [-0.2, -0.15) is 4.68 Å². The number of aromatic nitrogens is 6. The molecule has 0 bridgehead atoms. The molecule has 2 aromatic carbocycles. The van der Waals surface area contributed by atoms with Crippen LogP contribution >= 0.6 is 23.4 Å². The molecule has 2 heterocycles. The van der Waals surface area contributed by atoms with E-state index in [0.717, 1.165) is 16.8 Å². The molecular weight excluding hydrogens is 384 g/mol. The first-order valence-electron chi connectivity index (χ1n) is 8.17. The van der Waals surface area contributed by atoms with Gasteiger partial charge in [-0.05, 0) is 60.2 Å². The summed E-state index contributed by atoms with van der Waals surface area (Å²) < 4.78 is 7.45. The Morgan fingerprint density at radius 3 is 2.63 bits per heavy atom. The highest BCUT2D eigenvalue weighted by molar-refractivity contribution is 7.98. The van der Waals surface area contributed by atoms with E-state index < -0.39 is 0 Å². The minimum absolute atomic E-state index is 0.455. The Balaban J connectivity index is 1.50. The van der Waals surface area contributed by atoms with Crippen LogP contribution in [-0.4, -0.2) is 30.4 Å². The minimum Gasteiger partial charge on any atom is -0.420 e. The third-order valence-corrected chi connectivity index (χ3v) is 5.06. The number of thioether (sulfide) groups is 1. The van der Waals surface area contributed by atoms with Crippen LogP contribution in [0.3, 0.4) is 0 Å². The normalized spacial score (nSPS) is 11.1. The van der Waals surface area contributed by atoms with Crippen LogP contribution in [0, 0.1) is 13.8 Å². The molecular formula is C18H15ClN6OS. The van der Waals surface area contributed by atoms with Gasteiger partial charge in [-0.3, -0.25) is 0 Å². The van der Waals surface area contributed by atoms with Crippen molar-refractivity contribution in [3.8, 4) is 17.1 Å². The monoisotopic (exact) mass is 398 g/mol. The first-order valence-corrected chi connectivity index (χ1v) is 9.53. The second kappa shape index (κ2) is 7.50. The number of nitrogens with zero attached hydrogens (tertiary/aromatic N) is 6. The average Bonchev–Trinajstić information content (AvgIpc) is 3.30. The van der Waals surface area contributed by atoms with Gasteiger partial charge >= 0.3 is 0 Å². The van der Waals surface area contributed by atoms with Crippen LogP contribution in [0.4, 0.5) is 0 Å². The summed E-state index contributed by atoms with van der Waals surface area (Å²) in [7, 11) is 0. The topological polar surface area (TPSA) is 82.5 Å². The molecule has 4 aromatic rings. The zero-order chi connectivity index (χ0) is 18.8. The Morgan fingerprint density at radius 1 is 1.04 bits per heavy atom. The number of rotatable bonds is 5. The highest BCUT2D eigenvalue weighted by atomic mass is 35.5. The van der Waals surface area contributed by atoms with Crippen molar-refractivity contribution in [2.45, 2.75) is 24.8 Å². The molecule has 27 heavy (non-hydrogen) atoms. The molecule has 0 aliphatic rings. The van der Waals surface area contributed by atoms with Gasteiger partial charge in [-0.15, -0.1) is 15.3 Å². The van der Waals surface area contributed by atoms with Gasteiger partial charge in [0.05, 0.1) is 11.4 Å². The number of benzene rings is 2. The second-order valence-electron chi connectivity index (χ2n) is 5.96. The predicted octanol–water partition coefficient (Wildman–Crippen LogP) is 4.27. The summed E-state index contributed by atoms with van der Waals surface area (Å²) in [6.45, 7) is 4.09. The quantitative estimate of drug-likeness (QED) is 0.464. The van der Waals surface area contributed by atoms with E-state index in [-0.39, 0.29) is 0 Å². The molecule has 7 nitrogen and oxygen atoms in total. The number of hydrogen-bond acceptors (Lipinski definition) is 7. The van der Waals surface area contributed by atoms with Gasteiger partial charge in [0.25, 0.3) is 0 Å². The number of halogens is 1. The zero-order valence-electron chi connectivity index (χ0n) is 14.6.